The van der Waals surface area contributed by atoms with Crippen molar-refractivity contribution in [2.45, 2.75) is 0 Å². The van der Waals surface area contributed by atoms with Crippen molar-refractivity contribution in [1.29, 1.82) is 0 Å². The Bertz CT molecular complexity index is 1130. The highest BCUT2D eigenvalue weighted by Crippen LogP contribution is 2.25. The molecule has 0 aliphatic rings. The zero-order chi connectivity index (χ0) is 22.2. The number of nitrogens with one attached hydrogen (secondary N) is 2. The maximum absolute atomic E-state index is 12.0. The summed E-state index contributed by atoms with van der Waals surface area (Å²) in [5.41, 5.74) is 3.37. The number of benzene rings is 3. The summed E-state index contributed by atoms with van der Waals surface area (Å²) in [6, 6.07) is 19.5. The van der Waals surface area contributed by atoms with Gasteiger partial charge in [0.05, 0.1) is 22.5 Å². The van der Waals surface area contributed by atoms with Crippen LogP contribution in [0.2, 0.25) is 10.0 Å². The maximum Gasteiger partial charge on any atom is 0.343 e. The molecule has 0 unspecified atom stereocenters. The van der Waals surface area contributed by atoms with Gasteiger partial charge < -0.3 is 10.1 Å². The summed E-state index contributed by atoms with van der Waals surface area (Å²) in [7, 11) is 0. The summed E-state index contributed by atoms with van der Waals surface area (Å²) in [6.07, 6.45) is 1.33. The summed E-state index contributed by atoms with van der Waals surface area (Å²) >= 11 is 11.8. The van der Waals surface area contributed by atoms with E-state index in [-0.39, 0.29) is 10.7 Å². The molecule has 2 amide bonds. The molecule has 0 aliphatic heterocycles. The highest BCUT2D eigenvalue weighted by molar-refractivity contribution is 6.42. The largest absolute Gasteiger partial charge is 0.423 e. The number of amides is 2. The summed E-state index contributed by atoms with van der Waals surface area (Å²) in [6.45, 7) is 0. The van der Waals surface area contributed by atoms with E-state index in [1.54, 1.807) is 60.7 Å². The second kappa shape index (κ2) is 10.4. The molecule has 3 aromatic carbocycles. The maximum atomic E-state index is 12.0. The lowest BCUT2D eigenvalue weighted by atomic mass is 10.2. The number of halogens is 2. The fourth-order valence-corrected chi connectivity index (χ4v) is 2.69. The Morgan fingerprint density at radius 1 is 0.871 bits per heavy atom. The minimum Gasteiger partial charge on any atom is -0.423 e. The van der Waals surface area contributed by atoms with Gasteiger partial charge in [-0.1, -0.05) is 41.4 Å². The number of hydrogen-bond acceptors (Lipinski definition) is 5. The molecule has 0 heterocycles. The van der Waals surface area contributed by atoms with Gasteiger partial charge in [-0.3, -0.25) is 9.59 Å². The zero-order valence-electron chi connectivity index (χ0n) is 15.8. The molecular weight excluding hydrogens is 441 g/mol. The van der Waals surface area contributed by atoms with Crippen LogP contribution in [0, 0.1) is 0 Å². The fraction of sp³-hybridized carbons (Fsp3) is 0. The molecule has 3 rings (SSSR count). The number of rotatable bonds is 5. The Balaban J connectivity index is 1.52. The Hall–Kier alpha value is -3.68. The van der Waals surface area contributed by atoms with E-state index in [9.17, 15) is 14.4 Å². The quantitative estimate of drug-likeness (QED) is 0.197. The second-order valence-corrected chi connectivity index (χ2v) is 6.95. The number of esters is 1. The Morgan fingerprint density at radius 3 is 2.29 bits per heavy atom. The van der Waals surface area contributed by atoms with Crippen LogP contribution in [0.5, 0.6) is 5.75 Å². The Morgan fingerprint density at radius 2 is 1.58 bits per heavy atom. The molecule has 0 atom stereocenters. The fourth-order valence-electron chi connectivity index (χ4n) is 2.35. The van der Waals surface area contributed by atoms with Crippen molar-refractivity contribution in [2.75, 3.05) is 5.32 Å². The molecule has 0 radical (unpaired) electrons. The minimum atomic E-state index is -0.985. The van der Waals surface area contributed by atoms with Gasteiger partial charge in [-0.15, -0.1) is 0 Å². The van der Waals surface area contributed by atoms with Crippen molar-refractivity contribution >= 4 is 52.9 Å². The summed E-state index contributed by atoms with van der Waals surface area (Å²) < 4.78 is 5.28. The number of hydrazone groups is 1. The number of carbonyl (C=O) groups is 3. The van der Waals surface area contributed by atoms with Crippen LogP contribution in [0.1, 0.15) is 15.9 Å². The van der Waals surface area contributed by atoms with Gasteiger partial charge in [0, 0.05) is 5.02 Å². The summed E-state index contributed by atoms with van der Waals surface area (Å²) in [5.74, 6) is -2.06. The van der Waals surface area contributed by atoms with Gasteiger partial charge >= 0.3 is 17.8 Å². The molecule has 0 saturated carbocycles. The van der Waals surface area contributed by atoms with Crippen LogP contribution in [-0.4, -0.2) is 24.0 Å². The molecule has 2 N–H and O–H groups in total. The van der Waals surface area contributed by atoms with Gasteiger partial charge in [-0.25, -0.2) is 10.2 Å². The van der Waals surface area contributed by atoms with Gasteiger partial charge in [0.15, 0.2) is 0 Å². The second-order valence-electron chi connectivity index (χ2n) is 6.10. The number of ether oxygens (including phenoxy) is 1. The first-order valence-electron chi connectivity index (χ1n) is 8.89. The molecule has 7 nitrogen and oxygen atoms in total. The summed E-state index contributed by atoms with van der Waals surface area (Å²) in [5, 5.41) is 6.67. The lowest BCUT2D eigenvalue weighted by Gasteiger charge is -2.06. The third kappa shape index (κ3) is 6.40. The average Bonchev–Trinajstić information content (AvgIpc) is 2.78. The topological polar surface area (TPSA) is 96.9 Å². The number of carbonyl (C=O) groups excluding carboxylic acids is 3. The minimum absolute atomic E-state index is 0.207. The van der Waals surface area contributed by atoms with E-state index in [2.05, 4.69) is 15.8 Å². The molecule has 0 aliphatic carbocycles. The zero-order valence-corrected chi connectivity index (χ0v) is 17.4. The molecule has 0 fully saturated rings. The molecule has 0 spiro atoms. The van der Waals surface area contributed by atoms with Gasteiger partial charge in [-0.2, -0.15) is 5.10 Å². The van der Waals surface area contributed by atoms with Gasteiger partial charge in [-0.05, 0) is 60.2 Å². The van der Waals surface area contributed by atoms with Crippen molar-refractivity contribution in [2.24, 2.45) is 5.10 Å². The van der Waals surface area contributed by atoms with Crippen molar-refractivity contribution in [3.8, 4) is 5.75 Å². The molecule has 0 aromatic heterocycles. The van der Waals surface area contributed by atoms with Crippen molar-refractivity contribution < 1.29 is 19.1 Å². The first kappa shape index (κ1) is 22.0. The highest BCUT2D eigenvalue weighted by Gasteiger charge is 2.14. The first-order chi connectivity index (χ1) is 14.9. The van der Waals surface area contributed by atoms with E-state index in [1.165, 1.54) is 18.3 Å². The van der Waals surface area contributed by atoms with Crippen LogP contribution < -0.4 is 15.5 Å². The third-order valence-electron chi connectivity index (χ3n) is 3.86. The normalized spacial score (nSPS) is 10.5. The number of anilines is 1. The first-order valence-corrected chi connectivity index (χ1v) is 9.65. The van der Waals surface area contributed by atoms with E-state index in [1.807, 2.05) is 0 Å². The number of hydrogen-bond donors (Lipinski definition) is 2. The third-order valence-corrected chi connectivity index (χ3v) is 4.43. The standard InChI is InChI=1S/C22H15Cl2N3O4/c23-16-8-11-18(24)19(12-16)26-20(28)21(29)27-25-13-14-6-9-17(10-7-14)31-22(30)15-4-2-1-3-5-15/h1-13H,(H,26,28)(H,27,29). The monoisotopic (exact) mass is 455 g/mol. The van der Waals surface area contributed by atoms with Crippen LogP contribution in [0.25, 0.3) is 0 Å². The van der Waals surface area contributed by atoms with Crippen LogP contribution in [-0.2, 0) is 9.59 Å². The van der Waals surface area contributed by atoms with Crippen molar-refractivity contribution in [1.82, 2.24) is 5.43 Å². The van der Waals surface area contributed by atoms with Crippen molar-refractivity contribution in [3.05, 3.63) is 94.0 Å². The van der Waals surface area contributed by atoms with Crippen LogP contribution in [0.15, 0.2) is 77.9 Å². The van der Waals surface area contributed by atoms with Gasteiger partial charge in [0.2, 0.25) is 0 Å². The van der Waals surface area contributed by atoms with Crippen LogP contribution in [0.4, 0.5) is 5.69 Å². The SMILES string of the molecule is O=C(NN=Cc1ccc(OC(=O)c2ccccc2)cc1)C(=O)Nc1cc(Cl)ccc1Cl. The average molecular weight is 456 g/mol. The van der Waals surface area contributed by atoms with Crippen LogP contribution in [0.3, 0.4) is 0 Å². The van der Waals surface area contributed by atoms with Gasteiger partial charge in [0.1, 0.15) is 5.75 Å². The molecule has 156 valence electrons. The summed E-state index contributed by atoms with van der Waals surface area (Å²) in [4.78, 5) is 35.8. The van der Waals surface area contributed by atoms with E-state index in [4.69, 9.17) is 27.9 Å². The Labute approximate surface area is 187 Å². The molecule has 9 heteroatoms. The van der Waals surface area contributed by atoms with Gasteiger partial charge in [0.25, 0.3) is 0 Å². The lowest BCUT2D eigenvalue weighted by molar-refractivity contribution is -0.136. The van der Waals surface area contributed by atoms with Crippen molar-refractivity contribution in [3.63, 3.8) is 0 Å². The predicted molar refractivity (Wildman–Crippen MR) is 119 cm³/mol. The molecule has 3 aromatic rings. The molecular formula is C22H15Cl2N3O4. The smallest absolute Gasteiger partial charge is 0.343 e. The Kier molecular flexibility index (Phi) is 7.37. The molecule has 0 bridgehead atoms. The molecule has 31 heavy (non-hydrogen) atoms. The lowest BCUT2D eigenvalue weighted by Crippen LogP contribution is -2.32. The van der Waals surface area contributed by atoms with E-state index in [0.29, 0.717) is 21.9 Å². The molecule has 0 saturated heterocycles. The van der Waals surface area contributed by atoms with E-state index in [0.717, 1.165) is 0 Å². The predicted octanol–water partition coefficient (Wildman–Crippen LogP) is 4.30. The van der Waals surface area contributed by atoms with Crippen LogP contribution >= 0.6 is 23.2 Å². The van der Waals surface area contributed by atoms with E-state index < -0.39 is 17.8 Å². The van der Waals surface area contributed by atoms with E-state index >= 15 is 0 Å². The highest BCUT2D eigenvalue weighted by atomic mass is 35.5. The number of nitrogens with zero attached hydrogens (tertiary/aromatic N) is 1.